The van der Waals surface area contributed by atoms with Gasteiger partial charge in [0, 0.05) is 18.7 Å². The van der Waals surface area contributed by atoms with Crippen LogP contribution in [0.3, 0.4) is 0 Å². The molecule has 0 unspecified atom stereocenters. The fourth-order valence-corrected chi connectivity index (χ4v) is 3.68. The Kier molecular flexibility index (Phi) is 5.37. The molecule has 0 radical (unpaired) electrons. The highest BCUT2D eigenvalue weighted by molar-refractivity contribution is 7.98. The molecule has 5 heteroatoms. The number of hydrogen-bond donors (Lipinski definition) is 0. The standard InChI is InChI=1S/C19H22N4S/c1-23(15-11-7-4-8-12-15)18-16(13-20)17(21-19(22-18)24-2)14-9-5-3-6-10-14/h3,5-6,9-10,15H,4,7-8,11-12H2,1-2H3. The van der Waals surface area contributed by atoms with Crippen LogP contribution in [0.25, 0.3) is 11.3 Å². The lowest BCUT2D eigenvalue weighted by molar-refractivity contribution is 0.425. The minimum absolute atomic E-state index is 0.457. The number of thioether (sulfide) groups is 1. The summed E-state index contributed by atoms with van der Waals surface area (Å²) in [5, 5.41) is 10.5. The van der Waals surface area contributed by atoms with Gasteiger partial charge in [0.05, 0.1) is 5.69 Å². The third kappa shape index (κ3) is 3.39. The van der Waals surface area contributed by atoms with E-state index in [1.54, 1.807) is 0 Å². The molecule has 0 aliphatic heterocycles. The van der Waals surface area contributed by atoms with Crippen LogP contribution >= 0.6 is 11.8 Å². The third-order valence-corrected chi connectivity index (χ3v) is 5.22. The molecule has 0 bridgehead atoms. The molecule has 1 fully saturated rings. The minimum Gasteiger partial charge on any atom is -0.355 e. The summed E-state index contributed by atoms with van der Waals surface area (Å²) in [4.78, 5) is 11.5. The normalized spacial score (nSPS) is 15.0. The highest BCUT2D eigenvalue weighted by Crippen LogP contribution is 2.33. The summed E-state index contributed by atoms with van der Waals surface area (Å²) in [5.74, 6) is 0.766. The Balaban J connectivity index is 2.09. The molecule has 0 atom stereocenters. The largest absolute Gasteiger partial charge is 0.355 e. The minimum atomic E-state index is 0.457. The summed E-state index contributed by atoms with van der Waals surface area (Å²) in [6.07, 6.45) is 8.12. The van der Waals surface area contributed by atoms with Gasteiger partial charge < -0.3 is 4.90 Å². The van der Waals surface area contributed by atoms with E-state index in [4.69, 9.17) is 0 Å². The van der Waals surface area contributed by atoms with Crippen LogP contribution in [0.5, 0.6) is 0 Å². The highest BCUT2D eigenvalue weighted by atomic mass is 32.2. The fourth-order valence-electron chi connectivity index (χ4n) is 3.32. The van der Waals surface area contributed by atoms with E-state index >= 15 is 0 Å². The van der Waals surface area contributed by atoms with Gasteiger partial charge in [-0.05, 0) is 19.1 Å². The van der Waals surface area contributed by atoms with Crippen molar-refractivity contribution in [2.75, 3.05) is 18.2 Å². The van der Waals surface area contributed by atoms with Gasteiger partial charge in [0.15, 0.2) is 11.0 Å². The molecular weight excluding hydrogens is 316 g/mol. The molecule has 3 rings (SSSR count). The SMILES string of the molecule is CSc1nc(-c2ccccc2)c(C#N)c(N(C)C2CCCCC2)n1. The molecule has 24 heavy (non-hydrogen) atoms. The third-order valence-electron chi connectivity index (χ3n) is 4.67. The second-order valence-electron chi connectivity index (χ2n) is 6.14. The van der Waals surface area contributed by atoms with Crippen LogP contribution in [0, 0.1) is 11.3 Å². The van der Waals surface area contributed by atoms with Gasteiger partial charge in [0.1, 0.15) is 11.6 Å². The molecule has 0 N–H and O–H groups in total. The number of anilines is 1. The molecule has 0 saturated heterocycles. The molecule has 1 saturated carbocycles. The van der Waals surface area contributed by atoms with Gasteiger partial charge in [-0.2, -0.15) is 5.26 Å². The first-order valence-electron chi connectivity index (χ1n) is 8.39. The van der Waals surface area contributed by atoms with Crippen molar-refractivity contribution < 1.29 is 0 Å². The van der Waals surface area contributed by atoms with Crippen LogP contribution in [-0.2, 0) is 0 Å². The summed E-state index contributed by atoms with van der Waals surface area (Å²) < 4.78 is 0. The van der Waals surface area contributed by atoms with E-state index in [2.05, 4.69) is 28.0 Å². The summed E-state index contributed by atoms with van der Waals surface area (Å²) in [7, 11) is 2.07. The highest BCUT2D eigenvalue weighted by Gasteiger charge is 2.24. The first-order valence-corrected chi connectivity index (χ1v) is 9.61. The lowest BCUT2D eigenvalue weighted by Crippen LogP contribution is -2.34. The lowest BCUT2D eigenvalue weighted by atomic mass is 9.94. The molecular formula is C19H22N4S. The van der Waals surface area contributed by atoms with Crippen LogP contribution in [0.2, 0.25) is 0 Å². The molecule has 0 amide bonds. The van der Waals surface area contributed by atoms with Crippen LogP contribution in [-0.4, -0.2) is 29.3 Å². The number of nitrogens with zero attached hydrogens (tertiary/aromatic N) is 4. The summed E-state index contributed by atoms with van der Waals surface area (Å²) in [6, 6.07) is 12.7. The van der Waals surface area contributed by atoms with Gasteiger partial charge in [-0.3, -0.25) is 0 Å². The maximum absolute atomic E-state index is 9.81. The number of hydrogen-bond acceptors (Lipinski definition) is 5. The predicted octanol–water partition coefficient (Wildman–Crippen LogP) is 4.51. The van der Waals surface area contributed by atoms with Gasteiger partial charge in [-0.25, -0.2) is 9.97 Å². The first kappa shape index (κ1) is 16.8. The first-order chi connectivity index (χ1) is 11.7. The zero-order valence-electron chi connectivity index (χ0n) is 14.2. The van der Waals surface area contributed by atoms with Crippen molar-refractivity contribution in [2.24, 2.45) is 0 Å². The van der Waals surface area contributed by atoms with Gasteiger partial charge >= 0.3 is 0 Å². The van der Waals surface area contributed by atoms with Crippen molar-refractivity contribution in [1.29, 1.82) is 5.26 Å². The topological polar surface area (TPSA) is 52.8 Å². The smallest absolute Gasteiger partial charge is 0.189 e. The number of nitriles is 1. The van der Waals surface area contributed by atoms with Crippen LogP contribution < -0.4 is 4.90 Å². The number of benzene rings is 1. The molecule has 1 aliphatic rings. The second-order valence-corrected chi connectivity index (χ2v) is 6.91. The van der Waals surface area contributed by atoms with E-state index in [0.717, 1.165) is 17.1 Å². The van der Waals surface area contributed by atoms with Crippen molar-refractivity contribution in [3.63, 3.8) is 0 Å². The molecule has 2 aromatic rings. The van der Waals surface area contributed by atoms with E-state index in [1.165, 1.54) is 43.9 Å². The Labute approximate surface area is 147 Å². The second kappa shape index (κ2) is 7.67. The molecule has 1 heterocycles. The molecule has 0 spiro atoms. The maximum atomic E-state index is 9.81. The van der Waals surface area contributed by atoms with Gasteiger partial charge in [0.25, 0.3) is 0 Å². The van der Waals surface area contributed by atoms with Crippen molar-refractivity contribution in [3.8, 4) is 17.3 Å². The lowest BCUT2D eigenvalue weighted by Gasteiger charge is -2.32. The van der Waals surface area contributed by atoms with Crippen molar-refractivity contribution >= 4 is 17.6 Å². The van der Waals surface area contributed by atoms with Crippen molar-refractivity contribution in [3.05, 3.63) is 35.9 Å². The predicted molar refractivity (Wildman–Crippen MR) is 99.2 cm³/mol. The Hall–Kier alpha value is -2.06. The van der Waals surface area contributed by atoms with E-state index in [1.807, 2.05) is 36.6 Å². The van der Waals surface area contributed by atoms with Crippen LogP contribution in [0.1, 0.15) is 37.7 Å². The molecule has 124 valence electrons. The Morgan fingerprint density at radius 1 is 1.12 bits per heavy atom. The Morgan fingerprint density at radius 3 is 2.46 bits per heavy atom. The molecule has 4 nitrogen and oxygen atoms in total. The van der Waals surface area contributed by atoms with Crippen molar-refractivity contribution in [1.82, 2.24) is 9.97 Å². The maximum Gasteiger partial charge on any atom is 0.189 e. The van der Waals surface area contributed by atoms with Gasteiger partial charge in [-0.1, -0.05) is 61.4 Å². The summed E-state index contributed by atoms with van der Waals surface area (Å²) in [6.45, 7) is 0. The average Bonchev–Trinajstić information content (AvgIpc) is 2.67. The fraction of sp³-hybridized carbons (Fsp3) is 0.421. The Bertz CT molecular complexity index is 733. The summed E-state index contributed by atoms with van der Waals surface area (Å²) in [5.41, 5.74) is 2.27. The van der Waals surface area contributed by atoms with E-state index in [0.29, 0.717) is 16.8 Å². The van der Waals surface area contributed by atoms with Gasteiger partial charge in [0.2, 0.25) is 0 Å². The van der Waals surface area contributed by atoms with E-state index in [9.17, 15) is 5.26 Å². The quantitative estimate of drug-likeness (QED) is 0.606. The Morgan fingerprint density at radius 2 is 1.83 bits per heavy atom. The van der Waals surface area contributed by atoms with Crippen LogP contribution in [0.15, 0.2) is 35.5 Å². The number of aromatic nitrogens is 2. The molecule has 1 aromatic carbocycles. The van der Waals surface area contributed by atoms with E-state index < -0.39 is 0 Å². The molecule has 1 aromatic heterocycles. The summed E-state index contributed by atoms with van der Waals surface area (Å²) >= 11 is 1.52. The zero-order chi connectivity index (χ0) is 16.9. The number of rotatable bonds is 4. The molecule has 1 aliphatic carbocycles. The zero-order valence-corrected chi connectivity index (χ0v) is 15.0. The monoisotopic (exact) mass is 338 g/mol. The average molecular weight is 338 g/mol. The van der Waals surface area contributed by atoms with Gasteiger partial charge in [-0.15, -0.1) is 0 Å². The van der Waals surface area contributed by atoms with E-state index in [-0.39, 0.29) is 0 Å². The van der Waals surface area contributed by atoms with Crippen molar-refractivity contribution in [2.45, 2.75) is 43.3 Å². The van der Waals surface area contributed by atoms with Crippen LogP contribution in [0.4, 0.5) is 5.82 Å².